The van der Waals surface area contributed by atoms with Crippen LogP contribution in [0.15, 0.2) is 54.6 Å². The summed E-state index contributed by atoms with van der Waals surface area (Å²) in [5, 5.41) is 3.31. The van der Waals surface area contributed by atoms with Crippen molar-refractivity contribution in [3.63, 3.8) is 0 Å². The molecule has 1 fully saturated rings. The van der Waals surface area contributed by atoms with Gasteiger partial charge in [-0.25, -0.2) is 4.39 Å². The first kappa shape index (κ1) is 22.0. The van der Waals surface area contributed by atoms with Gasteiger partial charge in [0.2, 0.25) is 11.8 Å². The first-order valence-electron chi connectivity index (χ1n) is 10.1. The van der Waals surface area contributed by atoms with Gasteiger partial charge in [0.15, 0.2) is 0 Å². The molecule has 0 aromatic heterocycles. The molecule has 1 aliphatic heterocycles. The van der Waals surface area contributed by atoms with Gasteiger partial charge in [0.05, 0.1) is 5.54 Å². The third kappa shape index (κ3) is 5.48. The molecule has 0 saturated carbocycles. The molecule has 4 nitrogen and oxygen atoms in total. The van der Waals surface area contributed by atoms with Crippen molar-refractivity contribution in [2.75, 3.05) is 13.1 Å². The molecule has 1 saturated heterocycles. The molecule has 1 N–H and O–H groups in total. The number of nitrogens with zero attached hydrogens (tertiary/aromatic N) is 1. The maximum absolute atomic E-state index is 13.3. The van der Waals surface area contributed by atoms with Crippen LogP contribution in [-0.2, 0) is 15.1 Å². The third-order valence-electron chi connectivity index (χ3n) is 5.44. The van der Waals surface area contributed by atoms with Crippen LogP contribution in [0.4, 0.5) is 4.39 Å². The highest BCUT2D eigenvalue weighted by Gasteiger charge is 2.31. The largest absolute Gasteiger partial charge is 0.347 e. The number of carbonyl (C=O) groups is 2. The predicted molar refractivity (Wildman–Crippen MR) is 117 cm³/mol. The number of amides is 2. The Labute approximate surface area is 181 Å². The van der Waals surface area contributed by atoms with E-state index in [1.807, 2.05) is 44.2 Å². The van der Waals surface area contributed by atoms with E-state index in [9.17, 15) is 14.0 Å². The Morgan fingerprint density at radius 3 is 2.43 bits per heavy atom. The summed E-state index contributed by atoms with van der Waals surface area (Å²) in [6.07, 6.45) is 4.58. The molecule has 2 amide bonds. The van der Waals surface area contributed by atoms with E-state index in [2.05, 4.69) is 5.32 Å². The van der Waals surface area contributed by atoms with Gasteiger partial charge in [-0.2, -0.15) is 0 Å². The van der Waals surface area contributed by atoms with Crippen molar-refractivity contribution in [3.05, 3.63) is 76.6 Å². The summed E-state index contributed by atoms with van der Waals surface area (Å²) in [6, 6.07) is 13.8. The quantitative estimate of drug-likeness (QED) is 0.696. The molecular formula is C24H26ClFN2O2. The van der Waals surface area contributed by atoms with Crippen LogP contribution in [-0.4, -0.2) is 29.8 Å². The van der Waals surface area contributed by atoms with Gasteiger partial charge in [-0.15, -0.1) is 0 Å². The Kier molecular flexibility index (Phi) is 6.93. The highest BCUT2D eigenvalue weighted by atomic mass is 35.5. The van der Waals surface area contributed by atoms with Gasteiger partial charge >= 0.3 is 0 Å². The zero-order chi connectivity index (χ0) is 21.7. The second kappa shape index (κ2) is 9.43. The van der Waals surface area contributed by atoms with Crippen molar-refractivity contribution in [1.29, 1.82) is 0 Å². The summed E-state index contributed by atoms with van der Waals surface area (Å²) in [5.41, 5.74) is 0.909. The number of benzene rings is 2. The molecule has 30 heavy (non-hydrogen) atoms. The van der Waals surface area contributed by atoms with Crippen LogP contribution in [0.2, 0.25) is 5.02 Å². The number of hydrogen-bond acceptors (Lipinski definition) is 2. The van der Waals surface area contributed by atoms with Crippen LogP contribution in [0.5, 0.6) is 0 Å². The van der Waals surface area contributed by atoms with E-state index in [0.717, 1.165) is 5.56 Å². The Morgan fingerprint density at radius 1 is 1.13 bits per heavy atom. The molecule has 0 aliphatic carbocycles. The minimum atomic E-state index is -0.729. The van der Waals surface area contributed by atoms with Crippen molar-refractivity contribution in [3.8, 4) is 0 Å². The number of halogens is 2. The lowest BCUT2D eigenvalue weighted by molar-refractivity contribution is -0.133. The van der Waals surface area contributed by atoms with Gasteiger partial charge in [0.25, 0.3) is 0 Å². The van der Waals surface area contributed by atoms with Gasteiger partial charge in [0.1, 0.15) is 5.82 Å². The van der Waals surface area contributed by atoms with Crippen LogP contribution in [0.1, 0.15) is 37.8 Å². The third-order valence-corrected chi connectivity index (χ3v) is 5.75. The van der Waals surface area contributed by atoms with Crippen molar-refractivity contribution in [2.24, 2.45) is 5.92 Å². The number of hydrogen-bond donors (Lipinski definition) is 1. The maximum Gasteiger partial charge on any atom is 0.246 e. The van der Waals surface area contributed by atoms with Crippen LogP contribution in [0.3, 0.4) is 0 Å². The molecular weight excluding hydrogens is 403 g/mol. The van der Waals surface area contributed by atoms with Gasteiger partial charge < -0.3 is 10.2 Å². The fourth-order valence-electron chi connectivity index (χ4n) is 3.67. The van der Waals surface area contributed by atoms with Crippen LogP contribution in [0, 0.1) is 11.7 Å². The molecule has 1 aliphatic rings. The summed E-state index contributed by atoms with van der Waals surface area (Å²) < 4.78 is 13.3. The fraction of sp³-hybridized carbons (Fsp3) is 0.333. The topological polar surface area (TPSA) is 49.4 Å². The molecule has 0 radical (unpaired) electrons. The summed E-state index contributed by atoms with van der Waals surface area (Å²) in [5.74, 6) is -0.710. The van der Waals surface area contributed by atoms with Crippen LogP contribution < -0.4 is 5.32 Å². The van der Waals surface area contributed by atoms with Crippen molar-refractivity contribution in [1.82, 2.24) is 10.2 Å². The SMILES string of the molecule is CC(C)(NC(=O)C1CCN(C(=O)/C=C/c2ccccc2)CC1)c1ccc(F)cc1Cl. The predicted octanol–water partition coefficient (Wildman–Crippen LogP) is 4.78. The molecule has 0 bridgehead atoms. The van der Waals surface area contributed by atoms with Crippen molar-refractivity contribution in [2.45, 2.75) is 32.2 Å². The summed E-state index contributed by atoms with van der Waals surface area (Å²) >= 11 is 6.17. The zero-order valence-corrected chi connectivity index (χ0v) is 18.0. The highest BCUT2D eigenvalue weighted by molar-refractivity contribution is 6.31. The lowest BCUT2D eigenvalue weighted by atomic mass is 9.90. The lowest BCUT2D eigenvalue weighted by Gasteiger charge is -2.34. The van der Waals surface area contributed by atoms with E-state index in [0.29, 0.717) is 31.5 Å². The van der Waals surface area contributed by atoms with Gasteiger partial charge in [-0.05, 0) is 56.0 Å². The summed E-state index contributed by atoms with van der Waals surface area (Å²) in [4.78, 5) is 27.0. The number of rotatable bonds is 5. The van der Waals surface area contributed by atoms with E-state index in [1.165, 1.54) is 12.1 Å². The number of piperidine rings is 1. The van der Waals surface area contributed by atoms with E-state index in [4.69, 9.17) is 11.6 Å². The average Bonchev–Trinajstić information content (AvgIpc) is 2.72. The smallest absolute Gasteiger partial charge is 0.246 e. The van der Waals surface area contributed by atoms with Gasteiger partial charge in [-0.3, -0.25) is 9.59 Å². The molecule has 2 aromatic carbocycles. The first-order chi connectivity index (χ1) is 14.3. The Bertz CT molecular complexity index is 935. The Balaban J connectivity index is 1.54. The monoisotopic (exact) mass is 428 g/mol. The zero-order valence-electron chi connectivity index (χ0n) is 17.2. The number of nitrogens with one attached hydrogen (secondary N) is 1. The van der Waals surface area contributed by atoms with Gasteiger partial charge in [0, 0.05) is 30.1 Å². The minimum absolute atomic E-state index is 0.0452. The lowest BCUT2D eigenvalue weighted by Crippen LogP contribution is -2.47. The normalized spacial score (nSPS) is 15.4. The average molecular weight is 429 g/mol. The molecule has 1 heterocycles. The van der Waals surface area contributed by atoms with E-state index >= 15 is 0 Å². The summed E-state index contributed by atoms with van der Waals surface area (Å²) in [7, 11) is 0. The van der Waals surface area contributed by atoms with Gasteiger partial charge in [-0.1, -0.05) is 48.0 Å². The standard InChI is InChI=1S/C24H26ClFN2O2/c1-24(2,20-10-9-19(26)16-21(20)25)27-23(30)18-12-14-28(15-13-18)22(29)11-8-17-6-4-3-5-7-17/h3-11,16,18H,12-15H2,1-2H3,(H,27,30)/b11-8+. The fourth-order valence-corrected chi connectivity index (χ4v) is 4.08. The maximum atomic E-state index is 13.3. The molecule has 0 spiro atoms. The van der Waals surface area contributed by atoms with Crippen molar-refractivity contribution < 1.29 is 14.0 Å². The second-order valence-corrected chi connectivity index (χ2v) is 8.49. The molecule has 0 atom stereocenters. The Hall–Kier alpha value is -2.66. The second-order valence-electron chi connectivity index (χ2n) is 8.08. The minimum Gasteiger partial charge on any atom is -0.347 e. The molecule has 2 aromatic rings. The highest BCUT2D eigenvalue weighted by Crippen LogP contribution is 2.29. The van der Waals surface area contributed by atoms with Crippen molar-refractivity contribution >= 4 is 29.5 Å². The van der Waals surface area contributed by atoms with E-state index in [-0.39, 0.29) is 22.8 Å². The number of carbonyl (C=O) groups excluding carboxylic acids is 2. The van der Waals surface area contributed by atoms with Crippen LogP contribution in [0.25, 0.3) is 6.08 Å². The van der Waals surface area contributed by atoms with E-state index < -0.39 is 11.4 Å². The molecule has 0 unspecified atom stereocenters. The number of likely N-dealkylation sites (tertiary alicyclic amines) is 1. The Morgan fingerprint density at radius 2 is 1.80 bits per heavy atom. The van der Waals surface area contributed by atoms with Crippen LogP contribution >= 0.6 is 11.6 Å². The molecule has 158 valence electrons. The molecule has 3 rings (SSSR count). The first-order valence-corrected chi connectivity index (χ1v) is 10.4. The molecule has 6 heteroatoms. The summed E-state index contributed by atoms with van der Waals surface area (Å²) in [6.45, 7) is 4.76. The van der Waals surface area contributed by atoms with E-state index in [1.54, 1.807) is 23.1 Å².